The van der Waals surface area contributed by atoms with Crippen LogP contribution in [0.25, 0.3) is 11.3 Å². The van der Waals surface area contributed by atoms with Crippen molar-refractivity contribution in [2.45, 2.75) is 18.9 Å². The van der Waals surface area contributed by atoms with Crippen molar-refractivity contribution in [3.05, 3.63) is 42.4 Å². The molecular formula is C15H16N2O3. The van der Waals surface area contributed by atoms with Crippen molar-refractivity contribution in [2.24, 2.45) is 0 Å². The van der Waals surface area contributed by atoms with E-state index in [0.717, 1.165) is 5.56 Å². The molecule has 1 aliphatic heterocycles. The number of amides is 1. The first kappa shape index (κ1) is 12.9. The molecule has 104 valence electrons. The number of carbonyl (C=O) groups excluding carboxylic acids is 1. The van der Waals surface area contributed by atoms with Crippen molar-refractivity contribution in [1.29, 1.82) is 0 Å². The Kier molecular flexibility index (Phi) is 3.52. The zero-order valence-electron chi connectivity index (χ0n) is 11.0. The van der Waals surface area contributed by atoms with Crippen LogP contribution in [0.2, 0.25) is 0 Å². The fraction of sp³-hybridized carbons (Fsp3) is 0.333. The number of hydrogen-bond donors (Lipinski definition) is 1. The Morgan fingerprint density at radius 3 is 2.80 bits per heavy atom. The molecule has 1 aromatic carbocycles. The highest BCUT2D eigenvalue weighted by atomic mass is 16.4. The summed E-state index contributed by atoms with van der Waals surface area (Å²) in [6.07, 6.45) is 2.17. The van der Waals surface area contributed by atoms with Gasteiger partial charge in [-0.1, -0.05) is 30.3 Å². The number of likely N-dealkylation sites (tertiary alicyclic amines) is 1. The zero-order chi connectivity index (χ0) is 13.9. The van der Waals surface area contributed by atoms with Gasteiger partial charge < -0.3 is 14.4 Å². The van der Waals surface area contributed by atoms with Gasteiger partial charge in [0, 0.05) is 31.5 Å². The third-order valence-electron chi connectivity index (χ3n) is 3.38. The minimum atomic E-state index is -0.356. The first-order valence-electron chi connectivity index (χ1n) is 6.68. The first-order valence-corrected chi connectivity index (χ1v) is 6.68. The van der Waals surface area contributed by atoms with Gasteiger partial charge in [-0.3, -0.25) is 4.79 Å². The van der Waals surface area contributed by atoms with E-state index in [1.54, 1.807) is 11.1 Å². The van der Waals surface area contributed by atoms with Crippen molar-refractivity contribution in [3.8, 4) is 11.3 Å². The number of β-amino-alcohol motifs (C(OH)–C–C–N with tert-alkyl or cyclic N) is 1. The number of hydrogen-bond acceptors (Lipinski definition) is 4. The molecular weight excluding hydrogens is 256 g/mol. The third kappa shape index (κ3) is 2.72. The van der Waals surface area contributed by atoms with Crippen LogP contribution in [0.4, 0.5) is 0 Å². The van der Waals surface area contributed by atoms with Crippen LogP contribution in [-0.4, -0.2) is 40.1 Å². The maximum Gasteiger partial charge on any atom is 0.223 e. The van der Waals surface area contributed by atoms with Crippen LogP contribution in [0.15, 0.2) is 40.9 Å². The lowest BCUT2D eigenvalue weighted by Crippen LogP contribution is -2.53. The lowest BCUT2D eigenvalue weighted by Gasteiger charge is -2.35. The van der Waals surface area contributed by atoms with Gasteiger partial charge in [0.15, 0.2) is 11.7 Å². The molecule has 0 radical (unpaired) electrons. The van der Waals surface area contributed by atoms with Gasteiger partial charge >= 0.3 is 0 Å². The second kappa shape index (κ2) is 5.46. The molecule has 0 saturated carbocycles. The normalized spacial score (nSPS) is 15.2. The SMILES string of the molecule is O=C(CCc1ncc(-c2ccccc2)o1)N1CC(O)C1. The molecule has 1 saturated heterocycles. The number of nitrogens with zero attached hydrogens (tertiary/aromatic N) is 2. The fourth-order valence-corrected chi connectivity index (χ4v) is 2.19. The number of aryl methyl sites for hydroxylation is 1. The van der Waals surface area contributed by atoms with E-state index in [1.165, 1.54) is 0 Å². The van der Waals surface area contributed by atoms with Crippen LogP contribution in [0, 0.1) is 0 Å². The third-order valence-corrected chi connectivity index (χ3v) is 3.38. The monoisotopic (exact) mass is 272 g/mol. The molecule has 0 bridgehead atoms. The van der Waals surface area contributed by atoms with E-state index in [1.807, 2.05) is 30.3 Å². The van der Waals surface area contributed by atoms with Crippen molar-refractivity contribution in [1.82, 2.24) is 9.88 Å². The number of rotatable bonds is 4. The molecule has 5 nitrogen and oxygen atoms in total. The van der Waals surface area contributed by atoms with Crippen LogP contribution in [0.1, 0.15) is 12.3 Å². The molecule has 1 amide bonds. The average molecular weight is 272 g/mol. The van der Waals surface area contributed by atoms with Crippen LogP contribution in [0.5, 0.6) is 0 Å². The number of aromatic nitrogens is 1. The minimum absolute atomic E-state index is 0.0368. The quantitative estimate of drug-likeness (QED) is 0.915. The highest BCUT2D eigenvalue weighted by molar-refractivity contribution is 5.77. The van der Waals surface area contributed by atoms with E-state index in [9.17, 15) is 4.79 Å². The average Bonchev–Trinajstić information content (AvgIpc) is 2.91. The summed E-state index contributed by atoms with van der Waals surface area (Å²) >= 11 is 0. The van der Waals surface area contributed by atoms with Gasteiger partial charge in [-0.25, -0.2) is 4.98 Å². The van der Waals surface area contributed by atoms with Gasteiger partial charge in [0.2, 0.25) is 5.91 Å². The Morgan fingerprint density at radius 2 is 2.10 bits per heavy atom. The van der Waals surface area contributed by atoms with Crippen molar-refractivity contribution in [3.63, 3.8) is 0 Å². The molecule has 1 aromatic heterocycles. The highest BCUT2D eigenvalue weighted by Crippen LogP contribution is 2.20. The van der Waals surface area contributed by atoms with Gasteiger partial charge in [-0.15, -0.1) is 0 Å². The standard InChI is InChI=1S/C15H16N2O3/c18-12-9-17(10-12)15(19)7-6-14-16-8-13(20-14)11-4-2-1-3-5-11/h1-5,8,12,18H,6-7,9-10H2. The highest BCUT2D eigenvalue weighted by Gasteiger charge is 2.28. The molecule has 0 aliphatic carbocycles. The Hall–Kier alpha value is -2.14. The number of aliphatic hydroxyl groups excluding tert-OH is 1. The van der Waals surface area contributed by atoms with Crippen LogP contribution in [-0.2, 0) is 11.2 Å². The summed E-state index contributed by atoms with van der Waals surface area (Å²) in [7, 11) is 0. The number of carbonyl (C=O) groups is 1. The second-order valence-corrected chi connectivity index (χ2v) is 4.94. The van der Waals surface area contributed by atoms with E-state index in [2.05, 4.69) is 4.98 Å². The fourth-order valence-electron chi connectivity index (χ4n) is 2.19. The van der Waals surface area contributed by atoms with Gasteiger partial charge in [0.05, 0.1) is 12.3 Å². The van der Waals surface area contributed by atoms with Gasteiger partial charge in [0.1, 0.15) is 0 Å². The molecule has 2 aromatic rings. The summed E-state index contributed by atoms with van der Waals surface area (Å²) in [5.41, 5.74) is 0.975. The Labute approximate surface area is 116 Å². The number of aliphatic hydroxyl groups is 1. The van der Waals surface area contributed by atoms with Crippen LogP contribution in [0.3, 0.4) is 0 Å². The molecule has 20 heavy (non-hydrogen) atoms. The summed E-state index contributed by atoms with van der Waals surface area (Å²) in [5, 5.41) is 9.16. The van der Waals surface area contributed by atoms with Crippen LogP contribution < -0.4 is 0 Å². The number of oxazole rings is 1. The molecule has 2 heterocycles. The topological polar surface area (TPSA) is 66.6 Å². The predicted octanol–water partition coefficient (Wildman–Crippen LogP) is 1.48. The Balaban J connectivity index is 1.57. The molecule has 5 heteroatoms. The Bertz CT molecular complexity index is 588. The summed E-state index contributed by atoms with van der Waals surface area (Å²) < 4.78 is 5.64. The van der Waals surface area contributed by atoms with E-state index in [-0.39, 0.29) is 12.0 Å². The van der Waals surface area contributed by atoms with E-state index in [4.69, 9.17) is 9.52 Å². The summed E-state index contributed by atoms with van der Waals surface area (Å²) in [5.74, 6) is 1.32. The lowest BCUT2D eigenvalue weighted by atomic mass is 10.1. The van der Waals surface area contributed by atoms with Crippen LogP contribution >= 0.6 is 0 Å². The van der Waals surface area contributed by atoms with Gasteiger partial charge in [0.25, 0.3) is 0 Å². The first-order chi connectivity index (χ1) is 9.72. The minimum Gasteiger partial charge on any atom is -0.441 e. The molecule has 0 spiro atoms. The van der Waals surface area contributed by atoms with Crippen molar-refractivity contribution < 1.29 is 14.3 Å². The molecule has 0 unspecified atom stereocenters. The molecule has 0 atom stereocenters. The van der Waals surface area contributed by atoms with Gasteiger partial charge in [-0.05, 0) is 0 Å². The molecule has 1 aliphatic rings. The van der Waals surface area contributed by atoms with E-state index < -0.39 is 0 Å². The van der Waals surface area contributed by atoms with E-state index >= 15 is 0 Å². The van der Waals surface area contributed by atoms with Crippen molar-refractivity contribution in [2.75, 3.05) is 13.1 Å². The largest absolute Gasteiger partial charge is 0.441 e. The summed E-state index contributed by atoms with van der Waals surface area (Å²) in [4.78, 5) is 17.6. The smallest absolute Gasteiger partial charge is 0.223 e. The second-order valence-electron chi connectivity index (χ2n) is 4.94. The molecule has 3 rings (SSSR count). The maximum absolute atomic E-state index is 11.8. The zero-order valence-corrected chi connectivity index (χ0v) is 11.0. The predicted molar refractivity (Wildman–Crippen MR) is 72.8 cm³/mol. The lowest BCUT2D eigenvalue weighted by molar-refractivity contribution is -0.141. The molecule has 1 N–H and O–H groups in total. The number of benzene rings is 1. The molecule has 1 fully saturated rings. The summed E-state index contributed by atoms with van der Waals surface area (Å²) in [6.45, 7) is 0.888. The maximum atomic E-state index is 11.8. The van der Waals surface area contributed by atoms with Gasteiger partial charge in [-0.2, -0.15) is 0 Å². The Morgan fingerprint density at radius 1 is 1.35 bits per heavy atom. The van der Waals surface area contributed by atoms with Crippen molar-refractivity contribution >= 4 is 5.91 Å². The van der Waals surface area contributed by atoms with E-state index in [0.29, 0.717) is 37.6 Å². The summed E-state index contributed by atoms with van der Waals surface area (Å²) in [6, 6.07) is 9.74.